The van der Waals surface area contributed by atoms with E-state index in [2.05, 4.69) is 12.2 Å². The second-order valence-corrected chi connectivity index (χ2v) is 8.47. The molecule has 0 aliphatic rings. The molecule has 0 aromatic heterocycles. The summed E-state index contributed by atoms with van der Waals surface area (Å²) in [6.45, 7) is 6.72. The minimum atomic E-state index is -0.671. The van der Waals surface area contributed by atoms with Crippen LogP contribution in [0.4, 0.5) is 4.79 Å². The largest absolute Gasteiger partial charge is 0.464 e. The van der Waals surface area contributed by atoms with E-state index < -0.39 is 18.1 Å². The quantitative estimate of drug-likeness (QED) is 0.154. The highest BCUT2D eigenvalue weighted by Crippen LogP contribution is 2.13. The molecule has 30 heavy (non-hydrogen) atoms. The monoisotopic (exact) mass is 427 g/mol. The van der Waals surface area contributed by atoms with Gasteiger partial charge in [0.2, 0.25) is 0 Å². The van der Waals surface area contributed by atoms with Gasteiger partial charge >= 0.3 is 12.1 Å². The van der Waals surface area contributed by atoms with Gasteiger partial charge in [-0.2, -0.15) is 0 Å². The van der Waals surface area contributed by atoms with E-state index in [-0.39, 0.29) is 0 Å². The zero-order valence-corrected chi connectivity index (χ0v) is 20.1. The molecule has 0 saturated heterocycles. The number of unbranched alkanes of at least 4 members (excludes halogenated alkanes) is 15. The van der Waals surface area contributed by atoms with E-state index in [4.69, 9.17) is 9.47 Å². The molecular weight excluding hydrogens is 378 g/mol. The van der Waals surface area contributed by atoms with Gasteiger partial charge in [-0.15, -0.1) is 0 Å². The zero-order valence-electron chi connectivity index (χ0n) is 20.1. The van der Waals surface area contributed by atoms with Crippen molar-refractivity contribution < 1.29 is 19.1 Å². The average Bonchev–Trinajstić information content (AvgIpc) is 2.73. The van der Waals surface area contributed by atoms with Gasteiger partial charge in [0.25, 0.3) is 0 Å². The molecule has 0 radical (unpaired) electrons. The number of hydrogen-bond donors (Lipinski definition) is 1. The predicted molar refractivity (Wildman–Crippen MR) is 125 cm³/mol. The Balaban J connectivity index is 3.34. The van der Waals surface area contributed by atoms with Gasteiger partial charge in [0.05, 0.1) is 13.2 Å². The third-order valence-electron chi connectivity index (χ3n) is 5.41. The summed E-state index contributed by atoms with van der Waals surface area (Å²) in [5.41, 5.74) is 0. The topological polar surface area (TPSA) is 64.6 Å². The molecule has 0 heterocycles. The van der Waals surface area contributed by atoms with Crippen LogP contribution >= 0.6 is 0 Å². The van der Waals surface area contributed by atoms with Crippen molar-refractivity contribution in [2.45, 2.75) is 136 Å². The van der Waals surface area contributed by atoms with Crippen LogP contribution in [0.25, 0.3) is 0 Å². The fourth-order valence-electron chi connectivity index (χ4n) is 3.36. The summed E-state index contributed by atoms with van der Waals surface area (Å²) in [6.07, 6.45) is 20.9. The minimum Gasteiger partial charge on any atom is -0.464 e. The highest BCUT2D eigenvalue weighted by Gasteiger charge is 2.17. The van der Waals surface area contributed by atoms with Crippen molar-refractivity contribution in [3.8, 4) is 0 Å². The third-order valence-corrected chi connectivity index (χ3v) is 5.41. The number of carbonyl (C=O) groups excluding carboxylic acids is 2. The van der Waals surface area contributed by atoms with Crippen LogP contribution in [0.5, 0.6) is 0 Å². The van der Waals surface area contributed by atoms with Crippen LogP contribution in [0.1, 0.15) is 130 Å². The second kappa shape index (κ2) is 22.4. The highest BCUT2D eigenvalue weighted by molar-refractivity contribution is 5.80. The first-order valence-corrected chi connectivity index (χ1v) is 12.7. The lowest BCUT2D eigenvalue weighted by molar-refractivity contribution is -0.145. The molecule has 1 atom stereocenters. The Morgan fingerprint density at radius 1 is 0.600 bits per heavy atom. The van der Waals surface area contributed by atoms with Crippen LogP contribution in [0.3, 0.4) is 0 Å². The summed E-state index contributed by atoms with van der Waals surface area (Å²) in [5, 5.41) is 2.51. The fraction of sp³-hybridized carbons (Fsp3) is 0.920. The van der Waals surface area contributed by atoms with Crippen molar-refractivity contribution >= 4 is 12.1 Å². The molecule has 0 aromatic rings. The molecule has 0 saturated carbocycles. The number of alkyl carbamates (subject to hydrolysis) is 1. The summed E-state index contributed by atoms with van der Waals surface area (Å²) in [4.78, 5) is 23.4. The molecule has 0 spiro atoms. The van der Waals surface area contributed by atoms with Gasteiger partial charge in [0.1, 0.15) is 6.04 Å². The van der Waals surface area contributed by atoms with Crippen LogP contribution in [0.2, 0.25) is 0 Å². The van der Waals surface area contributed by atoms with Crippen LogP contribution in [-0.4, -0.2) is 31.3 Å². The summed E-state index contributed by atoms with van der Waals surface area (Å²) >= 11 is 0. The number of esters is 1. The number of carbonyl (C=O) groups is 2. The summed E-state index contributed by atoms with van der Waals surface area (Å²) in [5.74, 6) is -0.396. The first-order chi connectivity index (χ1) is 14.6. The van der Waals surface area contributed by atoms with E-state index >= 15 is 0 Å². The standard InChI is InChI=1S/C25H49NO4/c1-4-6-8-9-10-11-12-13-14-15-16-17-18-19-20-22-29-24(27)23(3)26-25(28)30-21-7-5-2/h23H,4-22H2,1-3H3,(H,26,28). The molecule has 5 nitrogen and oxygen atoms in total. The summed E-state index contributed by atoms with van der Waals surface area (Å²) in [7, 11) is 0. The van der Waals surface area contributed by atoms with Crippen molar-refractivity contribution in [2.24, 2.45) is 0 Å². The van der Waals surface area contributed by atoms with Crippen molar-refractivity contribution in [1.29, 1.82) is 0 Å². The minimum absolute atomic E-state index is 0.378. The van der Waals surface area contributed by atoms with Gasteiger partial charge in [0, 0.05) is 0 Å². The molecule has 0 rings (SSSR count). The summed E-state index contributed by atoms with van der Waals surface area (Å²) in [6, 6.07) is -0.671. The zero-order chi connectivity index (χ0) is 22.3. The Kier molecular flexibility index (Phi) is 21.5. The molecule has 0 fully saturated rings. The Labute approximate surface area is 186 Å². The van der Waals surface area contributed by atoms with E-state index in [9.17, 15) is 9.59 Å². The van der Waals surface area contributed by atoms with Crippen molar-refractivity contribution in [1.82, 2.24) is 5.32 Å². The number of rotatable bonds is 21. The molecule has 0 aliphatic carbocycles. The van der Waals surface area contributed by atoms with Crippen molar-refractivity contribution in [3.05, 3.63) is 0 Å². The number of hydrogen-bond acceptors (Lipinski definition) is 4. The Hall–Kier alpha value is -1.26. The number of amides is 1. The van der Waals surface area contributed by atoms with E-state index in [1.807, 2.05) is 6.92 Å². The van der Waals surface area contributed by atoms with Crippen LogP contribution < -0.4 is 5.32 Å². The van der Waals surface area contributed by atoms with Crippen molar-refractivity contribution in [3.63, 3.8) is 0 Å². The molecule has 178 valence electrons. The van der Waals surface area contributed by atoms with Gasteiger partial charge < -0.3 is 14.8 Å². The highest BCUT2D eigenvalue weighted by atomic mass is 16.6. The Bertz CT molecular complexity index is 401. The lowest BCUT2D eigenvalue weighted by Gasteiger charge is -2.13. The third kappa shape index (κ3) is 20.0. The lowest BCUT2D eigenvalue weighted by Crippen LogP contribution is -2.40. The first-order valence-electron chi connectivity index (χ1n) is 12.7. The van der Waals surface area contributed by atoms with Gasteiger partial charge in [-0.1, -0.05) is 110 Å². The molecule has 0 aliphatic heterocycles. The molecule has 5 heteroatoms. The van der Waals surface area contributed by atoms with Crippen molar-refractivity contribution in [2.75, 3.05) is 13.2 Å². The maximum atomic E-state index is 11.9. The second-order valence-electron chi connectivity index (χ2n) is 8.47. The molecule has 0 bridgehead atoms. The smallest absolute Gasteiger partial charge is 0.407 e. The SMILES string of the molecule is CCCCCCCCCCCCCCCCCOC(=O)C(C)NC(=O)OCCCC. The van der Waals surface area contributed by atoms with Crippen LogP contribution in [0, 0.1) is 0 Å². The normalized spacial score (nSPS) is 11.8. The lowest BCUT2D eigenvalue weighted by atomic mass is 10.0. The van der Waals surface area contributed by atoms with E-state index in [0.717, 1.165) is 25.7 Å². The first kappa shape index (κ1) is 28.7. The molecule has 1 N–H and O–H groups in total. The van der Waals surface area contributed by atoms with Crippen LogP contribution in [0.15, 0.2) is 0 Å². The maximum absolute atomic E-state index is 11.9. The van der Waals surface area contributed by atoms with Gasteiger partial charge in [-0.05, 0) is 19.8 Å². The molecule has 1 amide bonds. The fourth-order valence-corrected chi connectivity index (χ4v) is 3.36. The molecular formula is C25H49NO4. The van der Waals surface area contributed by atoms with Gasteiger partial charge in [0.15, 0.2) is 0 Å². The van der Waals surface area contributed by atoms with Gasteiger partial charge in [-0.25, -0.2) is 9.59 Å². The van der Waals surface area contributed by atoms with Crippen LogP contribution in [-0.2, 0) is 14.3 Å². The predicted octanol–water partition coefficient (Wildman–Crippen LogP) is 7.32. The van der Waals surface area contributed by atoms with Gasteiger partial charge in [-0.3, -0.25) is 0 Å². The summed E-state index contributed by atoms with van der Waals surface area (Å²) < 4.78 is 10.2. The van der Waals surface area contributed by atoms with E-state index in [0.29, 0.717) is 13.2 Å². The number of nitrogens with one attached hydrogen (secondary N) is 1. The maximum Gasteiger partial charge on any atom is 0.407 e. The van der Waals surface area contributed by atoms with E-state index in [1.54, 1.807) is 6.92 Å². The average molecular weight is 428 g/mol. The molecule has 0 aromatic carbocycles. The molecule has 1 unspecified atom stereocenters. The Morgan fingerprint density at radius 3 is 1.47 bits per heavy atom. The number of ether oxygens (including phenoxy) is 2. The van der Waals surface area contributed by atoms with E-state index in [1.165, 1.54) is 83.5 Å². The Morgan fingerprint density at radius 2 is 1.00 bits per heavy atom.